The second-order valence-corrected chi connectivity index (χ2v) is 3.86. The summed E-state index contributed by atoms with van der Waals surface area (Å²) in [7, 11) is 0. The van der Waals surface area contributed by atoms with Crippen LogP contribution in [0.4, 0.5) is 0 Å². The van der Waals surface area contributed by atoms with E-state index in [1.54, 1.807) is 0 Å². The van der Waals surface area contributed by atoms with Gasteiger partial charge in [-0.3, -0.25) is 4.98 Å². The van der Waals surface area contributed by atoms with Crippen molar-refractivity contribution >= 4 is 0 Å². The molecular formula is C13H23N. The Labute approximate surface area is 88.6 Å². The molecule has 1 heterocycles. The maximum atomic E-state index is 4.23. The lowest BCUT2D eigenvalue weighted by molar-refractivity contribution is 0.820. The molecule has 0 amide bonds. The second kappa shape index (κ2) is 6.58. The van der Waals surface area contributed by atoms with E-state index in [2.05, 4.69) is 38.7 Å². The maximum Gasteiger partial charge on any atom is 0.0302 e. The highest BCUT2D eigenvalue weighted by molar-refractivity contribution is 5.22. The molecule has 0 saturated carbocycles. The Bertz CT molecular complexity index is 228. The summed E-state index contributed by atoms with van der Waals surface area (Å²) in [6, 6.07) is 2.25. The molecule has 0 aliphatic heterocycles. The van der Waals surface area contributed by atoms with Gasteiger partial charge in [-0.15, -0.1) is 0 Å². The molecule has 1 heteroatoms. The van der Waals surface area contributed by atoms with Crippen LogP contribution in [0.5, 0.6) is 0 Å². The van der Waals surface area contributed by atoms with Crippen LogP contribution in [0, 0.1) is 0 Å². The Kier molecular flexibility index (Phi) is 6.18. The SMILES string of the molecule is CC.CC(C)c1cncc(C(C)C)c1. The number of hydrogen-bond acceptors (Lipinski definition) is 1. The number of nitrogens with zero attached hydrogens (tertiary/aromatic N) is 1. The van der Waals surface area contributed by atoms with Crippen LogP contribution in [-0.4, -0.2) is 4.98 Å². The minimum atomic E-state index is 0.580. The highest BCUT2D eigenvalue weighted by Gasteiger charge is 2.03. The lowest BCUT2D eigenvalue weighted by Gasteiger charge is -2.09. The van der Waals surface area contributed by atoms with Crippen LogP contribution < -0.4 is 0 Å². The van der Waals surface area contributed by atoms with E-state index in [1.165, 1.54) is 11.1 Å². The van der Waals surface area contributed by atoms with Crippen molar-refractivity contribution in [1.29, 1.82) is 0 Å². The smallest absolute Gasteiger partial charge is 0.0302 e. The van der Waals surface area contributed by atoms with Gasteiger partial charge in [0.25, 0.3) is 0 Å². The zero-order chi connectivity index (χ0) is 11.1. The predicted octanol–water partition coefficient (Wildman–Crippen LogP) is 4.35. The van der Waals surface area contributed by atoms with Gasteiger partial charge in [0.05, 0.1) is 0 Å². The van der Waals surface area contributed by atoms with Crippen molar-refractivity contribution < 1.29 is 0 Å². The summed E-state index contributed by atoms with van der Waals surface area (Å²) in [6.07, 6.45) is 3.91. The molecule has 0 unspecified atom stereocenters. The molecule has 0 bridgehead atoms. The van der Waals surface area contributed by atoms with Gasteiger partial charge in [0, 0.05) is 12.4 Å². The van der Waals surface area contributed by atoms with Gasteiger partial charge in [0.2, 0.25) is 0 Å². The first-order valence-corrected chi connectivity index (χ1v) is 5.56. The molecular weight excluding hydrogens is 170 g/mol. The van der Waals surface area contributed by atoms with Crippen molar-refractivity contribution in [3.05, 3.63) is 29.6 Å². The Morgan fingerprint density at radius 3 is 1.50 bits per heavy atom. The summed E-state index contributed by atoms with van der Waals surface area (Å²) in [5.74, 6) is 1.16. The molecule has 0 saturated heterocycles. The molecule has 0 atom stereocenters. The lowest BCUT2D eigenvalue weighted by Crippen LogP contribution is -1.94. The molecule has 0 N–H and O–H groups in total. The fourth-order valence-corrected chi connectivity index (χ4v) is 1.11. The fourth-order valence-electron chi connectivity index (χ4n) is 1.11. The molecule has 1 rings (SSSR count). The van der Waals surface area contributed by atoms with E-state index < -0.39 is 0 Å². The van der Waals surface area contributed by atoms with Crippen LogP contribution >= 0.6 is 0 Å². The highest BCUT2D eigenvalue weighted by atomic mass is 14.6. The molecule has 14 heavy (non-hydrogen) atoms. The summed E-state index contributed by atoms with van der Waals surface area (Å²) in [4.78, 5) is 4.23. The van der Waals surface area contributed by atoms with Crippen LogP contribution in [-0.2, 0) is 0 Å². The topological polar surface area (TPSA) is 12.9 Å². The quantitative estimate of drug-likeness (QED) is 0.680. The molecule has 0 aromatic carbocycles. The minimum Gasteiger partial charge on any atom is -0.264 e. The van der Waals surface area contributed by atoms with Gasteiger partial charge in [-0.1, -0.05) is 47.6 Å². The van der Waals surface area contributed by atoms with Crippen molar-refractivity contribution in [2.45, 2.75) is 53.4 Å². The van der Waals surface area contributed by atoms with Gasteiger partial charge >= 0.3 is 0 Å². The van der Waals surface area contributed by atoms with Gasteiger partial charge in [-0.2, -0.15) is 0 Å². The molecule has 1 aromatic heterocycles. The maximum absolute atomic E-state index is 4.23. The Morgan fingerprint density at radius 1 is 0.857 bits per heavy atom. The Hall–Kier alpha value is -0.850. The summed E-state index contributed by atoms with van der Waals surface area (Å²) >= 11 is 0. The largest absolute Gasteiger partial charge is 0.264 e. The zero-order valence-corrected chi connectivity index (χ0v) is 10.3. The average Bonchev–Trinajstić information content (AvgIpc) is 2.21. The Balaban J connectivity index is 0.000000791. The number of hydrogen-bond donors (Lipinski definition) is 0. The molecule has 80 valence electrons. The Morgan fingerprint density at radius 2 is 1.21 bits per heavy atom. The molecule has 0 aliphatic rings. The lowest BCUT2D eigenvalue weighted by atomic mass is 9.99. The van der Waals surface area contributed by atoms with Crippen molar-refractivity contribution in [3.8, 4) is 0 Å². The second-order valence-electron chi connectivity index (χ2n) is 3.86. The molecule has 0 spiro atoms. The summed E-state index contributed by atoms with van der Waals surface area (Å²) in [5.41, 5.74) is 2.67. The summed E-state index contributed by atoms with van der Waals surface area (Å²) in [6.45, 7) is 12.8. The van der Waals surface area contributed by atoms with E-state index in [4.69, 9.17) is 0 Å². The predicted molar refractivity (Wildman–Crippen MR) is 63.8 cm³/mol. The molecule has 0 aliphatic carbocycles. The van der Waals surface area contributed by atoms with E-state index in [0.29, 0.717) is 11.8 Å². The third-order valence-corrected chi connectivity index (χ3v) is 2.11. The third kappa shape index (κ3) is 3.91. The molecule has 1 aromatic rings. The number of rotatable bonds is 2. The first-order chi connectivity index (χ1) is 6.61. The van der Waals surface area contributed by atoms with E-state index in [-0.39, 0.29) is 0 Å². The van der Waals surface area contributed by atoms with Crippen LogP contribution in [0.15, 0.2) is 18.5 Å². The zero-order valence-electron chi connectivity index (χ0n) is 10.3. The van der Waals surface area contributed by atoms with E-state index in [0.717, 1.165) is 0 Å². The minimum absolute atomic E-state index is 0.580. The van der Waals surface area contributed by atoms with Gasteiger partial charge in [0.1, 0.15) is 0 Å². The first-order valence-electron chi connectivity index (χ1n) is 5.56. The molecule has 0 radical (unpaired) electrons. The summed E-state index contributed by atoms with van der Waals surface area (Å²) in [5, 5.41) is 0. The highest BCUT2D eigenvalue weighted by Crippen LogP contribution is 2.18. The summed E-state index contributed by atoms with van der Waals surface area (Å²) < 4.78 is 0. The normalized spacial score (nSPS) is 10.0. The molecule has 0 fully saturated rings. The van der Waals surface area contributed by atoms with Crippen LogP contribution in [0.3, 0.4) is 0 Å². The van der Waals surface area contributed by atoms with Gasteiger partial charge < -0.3 is 0 Å². The number of aromatic nitrogens is 1. The van der Waals surface area contributed by atoms with Crippen LogP contribution in [0.1, 0.15) is 64.5 Å². The van der Waals surface area contributed by atoms with E-state index in [9.17, 15) is 0 Å². The number of pyridine rings is 1. The average molecular weight is 193 g/mol. The third-order valence-electron chi connectivity index (χ3n) is 2.11. The standard InChI is InChI=1S/C11H17N.C2H6/c1-8(2)10-5-11(9(3)4)7-12-6-10;1-2/h5-9H,1-4H3;1-2H3. The van der Waals surface area contributed by atoms with Crippen molar-refractivity contribution in [2.24, 2.45) is 0 Å². The van der Waals surface area contributed by atoms with E-state index >= 15 is 0 Å². The van der Waals surface area contributed by atoms with Crippen molar-refractivity contribution in [3.63, 3.8) is 0 Å². The fraction of sp³-hybridized carbons (Fsp3) is 0.615. The van der Waals surface area contributed by atoms with Gasteiger partial charge in [-0.25, -0.2) is 0 Å². The first kappa shape index (κ1) is 13.2. The van der Waals surface area contributed by atoms with Gasteiger partial charge in [-0.05, 0) is 23.0 Å². The monoisotopic (exact) mass is 193 g/mol. The van der Waals surface area contributed by atoms with Gasteiger partial charge in [0.15, 0.2) is 0 Å². The van der Waals surface area contributed by atoms with Crippen molar-refractivity contribution in [2.75, 3.05) is 0 Å². The van der Waals surface area contributed by atoms with Crippen molar-refractivity contribution in [1.82, 2.24) is 4.98 Å². The van der Waals surface area contributed by atoms with E-state index in [1.807, 2.05) is 26.2 Å². The van der Waals surface area contributed by atoms with Crippen LogP contribution in [0.2, 0.25) is 0 Å². The molecule has 1 nitrogen and oxygen atoms in total. The van der Waals surface area contributed by atoms with Crippen LogP contribution in [0.25, 0.3) is 0 Å².